The standard InChI is InChI=1S/C25H30N4O3/c1-25(2,3)24-27-23(32-28-24)21-12-8-7-11-20(21)22(30)26-15-19-17-29(13-14-31-19)16-18-9-5-4-6-10-18/h4-12,19H,13-17H2,1-3H3,(H,26,30). The van der Waals surface area contributed by atoms with Crippen LogP contribution in [0.5, 0.6) is 0 Å². The van der Waals surface area contributed by atoms with E-state index in [9.17, 15) is 4.79 Å². The van der Waals surface area contributed by atoms with Gasteiger partial charge in [-0.2, -0.15) is 4.98 Å². The summed E-state index contributed by atoms with van der Waals surface area (Å²) in [6.45, 7) is 9.69. The molecule has 0 aliphatic carbocycles. The van der Waals surface area contributed by atoms with E-state index in [-0.39, 0.29) is 17.4 Å². The molecule has 3 aromatic rings. The molecule has 1 saturated heterocycles. The van der Waals surface area contributed by atoms with Crippen LogP contribution in [0.3, 0.4) is 0 Å². The molecule has 1 aliphatic rings. The topological polar surface area (TPSA) is 80.5 Å². The van der Waals surface area contributed by atoms with Crippen LogP contribution in [0.2, 0.25) is 0 Å². The van der Waals surface area contributed by atoms with Crippen LogP contribution in [-0.2, 0) is 16.7 Å². The second-order valence-corrected chi connectivity index (χ2v) is 9.14. The van der Waals surface area contributed by atoms with Crippen LogP contribution in [-0.4, -0.2) is 53.3 Å². The van der Waals surface area contributed by atoms with Gasteiger partial charge in [-0.05, 0) is 17.7 Å². The molecule has 0 saturated carbocycles. The second-order valence-electron chi connectivity index (χ2n) is 9.14. The van der Waals surface area contributed by atoms with Crippen molar-refractivity contribution in [2.45, 2.75) is 38.8 Å². The van der Waals surface area contributed by atoms with Crippen molar-refractivity contribution < 1.29 is 14.1 Å². The number of ether oxygens (including phenoxy) is 1. The molecule has 1 unspecified atom stereocenters. The minimum atomic E-state index is -0.233. The molecule has 1 amide bonds. The van der Waals surface area contributed by atoms with Gasteiger partial charge in [0.05, 0.1) is 23.8 Å². The van der Waals surface area contributed by atoms with Gasteiger partial charge in [-0.15, -0.1) is 0 Å². The normalized spacial score (nSPS) is 17.3. The zero-order valence-corrected chi connectivity index (χ0v) is 18.9. The highest BCUT2D eigenvalue weighted by Crippen LogP contribution is 2.26. The van der Waals surface area contributed by atoms with Crippen molar-refractivity contribution in [3.05, 3.63) is 71.5 Å². The van der Waals surface area contributed by atoms with E-state index >= 15 is 0 Å². The number of rotatable bonds is 6. The number of hydrogen-bond acceptors (Lipinski definition) is 6. The first-order valence-corrected chi connectivity index (χ1v) is 11.0. The molecule has 0 spiro atoms. The second kappa shape index (κ2) is 9.63. The van der Waals surface area contributed by atoms with E-state index in [1.54, 1.807) is 6.07 Å². The molecule has 32 heavy (non-hydrogen) atoms. The number of aromatic nitrogens is 2. The van der Waals surface area contributed by atoms with Crippen molar-refractivity contribution in [3.8, 4) is 11.5 Å². The van der Waals surface area contributed by atoms with Crippen LogP contribution < -0.4 is 5.32 Å². The average molecular weight is 435 g/mol. The van der Waals surface area contributed by atoms with Crippen LogP contribution >= 0.6 is 0 Å². The lowest BCUT2D eigenvalue weighted by molar-refractivity contribution is -0.0292. The fraction of sp³-hybridized carbons (Fsp3) is 0.400. The molecule has 1 aromatic heterocycles. The molecular weight excluding hydrogens is 404 g/mol. The highest BCUT2D eigenvalue weighted by molar-refractivity contribution is 5.99. The number of amides is 1. The quantitative estimate of drug-likeness (QED) is 0.638. The van der Waals surface area contributed by atoms with Gasteiger partial charge in [0, 0.05) is 31.6 Å². The van der Waals surface area contributed by atoms with Crippen molar-refractivity contribution in [2.24, 2.45) is 0 Å². The number of nitrogens with zero attached hydrogens (tertiary/aromatic N) is 3. The number of benzene rings is 2. The third-order valence-electron chi connectivity index (χ3n) is 5.46. The summed E-state index contributed by atoms with van der Waals surface area (Å²) in [7, 11) is 0. The fourth-order valence-corrected chi connectivity index (χ4v) is 3.70. The minimum Gasteiger partial charge on any atom is -0.374 e. The summed E-state index contributed by atoms with van der Waals surface area (Å²) >= 11 is 0. The Hall–Kier alpha value is -3.03. The largest absolute Gasteiger partial charge is 0.374 e. The maximum Gasteiger partial charge on any atom is 0.258 e. The lowest BCUT2D eigenvalue weighted by Gasteiger charge is -2.33. The van der Waals surface area contributed by atoms with Crippen molar-refractivity contribution in [1.29, 1.82) is 0 Å². The summed E-state index contributed by atoms with van der Waals surface area (Å²) in [6.07, 6.45) is -0.0560. The molecule has 0 radical (unpaired) electrons. The number of hydrogen-bond donors (Lipinski definition) is 1. The molecule has 4 rings (SSSR count). The van der Waals surface area contributed by atoms with Crippen LogP contribution in [0.15, 0.2) is 59.1 Å². The Morgan fingerprint density at radius 3 is 2.62 bits per heavy atom. The zero-order valence-electron chi connectivity index (χ0n) is 18.9. The summed E-state index contributed by atoms with van der Waals surface area (Å²) in [5.74, 6) is 0.778. The zero-order chi connectivity index (χ0) is 22.6. The third-order valence-corrected chi connectivity index (χ3v) is 5.46. The SMILES string of the molecule is CC(C)(C)c1noc(-c2ccccc2C(=O)NCC2CN(Cc3ccccc3)CCO2)n1. The van der Waals surface area contributed by atoms with Crippen molar-refractivity contribution in [3.63, 3.8) is 0 Å². The predicted molar refractivity (Wildman–Crippen MR) is 122 cm³/mol. The monoisotopic (exact) mass is 434 g/mol. The molecule has 7 nitrogen and oxygen atoms in total. The van der Waals surface area contributed by atoms with E-state index < -0.39 is 0 Å². The number of nitrogens with one attached hydrogen (secondary N) is 1. The van der Waals surface area contributed by atoms with Crippen molar-refractivity contribution in [2.75, 3.05) is 26.2 Å². The lowest BCUT2D eigenvalue weighted by atomic mass is 9.96. The summed E-state index contributed by atoms with van der Waals surface area (Å²) < 4.78 is 11.4. The summed E-state index contributed by atoms with van der Waals surface area (Å²) in [5, 5.41) is 7.10. The van der Waals surface area contributed by atoms with Gasteiger partial charge in [0.15, 0.2) is 5.82 Å². The van der Waals surface area contributed by atoms with Crippen LogP contribution in [0, 0.1) is 0 Å². The van der Waals surface area contributed by atoms with Gasteiger partial charge in [0.1, 0.15) is 0 Å². The van der Waals surface area contributed by atoms with Crippen LogP contribution in [0.4, 0.5) is 0 Å². The van der Waals surface area contributed by atoms with E-state index in [0.717, 1.165) is 19.6 Å². The summed E-state index contributed by atoms with van der Waals surface area (Å²) in [4.78, 5) is 19.9. The van der Waals surface area contributed by atoms with E-state index in [4.69, 9.17) is 9.26 Å². The number of carbonyl (C=O) groups is 1. The van der Waals surface area contributed by atoms with E-state index in [0.29, 0.717) is 36.0 Å². The van der Waals surface area contributed by atoms with Crippen molar-refractivity contribution in [1.82, 2.24) is 20.4 Å². The minimum absolute atomic E-state index is 0.0560. The van der Waals surface area contributed by atoms with E-state index in [1.165, 1.54) is 5.56 Å². The maximum absolute atomic E-state index is 13.0. The molecule has 1 N–H and O–H groups in total. The Labute approximate surface area is 188 Å². The Morgan fingerprint density at radius 2 is 1.88 bits per heavy atom. The maximum atomic E-state index is 13.0. The number of morpholine rings is 1. The molecule has 7 heteroatoms. The average Bonchev–Trinajstić information content (AvgIpc) is 3.29. The van der Waals surface area contributed by atoms with E-state index in [1.807, 2.05) is 45.0 Å². The Kier molecular flexibility index (Phi) is 6.67. The molecule has 1 fully saturated rings. The molecule has 1 aliphatic heterocycles. The fourth-order valence-electron chi connectivity index (χ4n) is 3.70. The molecule has 2 aromatic carbocycles. The first-order valence-electron chi connectivity index (χ1n) is 11.0. The first-order chi connectivity index (χ1) is 15.4. The van der Waals surface area contributed by atoms with Gasteiger partial charge in [0.25, 0.3) is 11.8 Å². The first kappa shape index (κ1) is 22.2. The predicted octanol–water partition coefficient (Wildman–Crippen LogP) is 3.66. The smallest absolute Gasteiger partial charge is 0.258 e. The van der Waals surface area contributed by atoms with Gasteiger partial charge in [-0.3, -0.25) is 9.69 Å². The summed E-state index contributed by atoms with van der Waals surface area (Å²) in [5.41, 5.74) is 2.18. The van der Waals surface area contributed by atoms with Crippen LogP contribution in [0.1, 0.15) is 42.5 Å². The molecule has 2 heterocycles. The van der Waals surface area contributed by atoms with Gasteiger partial charge in [0.2, 0.25) is 0 Å². The van der Waals surface area contributed by atoms with Crippen molar-refractivity contribution >= 4 is 5.91 Å². The molecule has 0 bridgehead atoms. The van der Waals surface area contributed by atoms with Gasteiger partial charge < -0.3 is 14.6 Å². The van der Waals surface area contributed by atoms with Gasteiger partial charge >= 0.3 is 0 Å². The van der Waals surface area contributed by atoms with E-state index in [2.05, 4.69) is 44.6 Å². The highest BCUT2D eigenvalue weighted by Gasteiger charge is 2.25. The highest BCUT2D eigenvalue weighted by atomic mass is 16.5. The van der Waals surface area contributed by atoms with Crippen LogP contribution in [0.25, 0.3) is 11.5 Å². The molecule has 1 atom stereocenters. The summed E-state index contributed by atoms with van der Waals surface area (Å²) in [6, 6.07) is 17.7. The molecule has 168 valence electrons. The third kappa shape index (κ3) is 5.41. The Bertz CT molecular complexity index is 1040. The lowest BCUT2D eigenvalue weighted by Crippen LogP contribution is -2.47. The Balaban J connectivity index is 1.39. The van der Waals surface area contributed by atoms with Gasteiger partial charge in [-0.25, -0.2) is 0 Å². The molecular formula is C25H30N4O3. The number of carbonyl (C=O) groups excluding carboxylic acids is 1. The Morgan fingerprint density at radius 1 is 1.12 bits per heavy atom. The van der Waals surface area contributed by atoms with Gasteiger partial charge in [-0.1, -0.05) is 68.4 Å².